The van der Waals surface area contributed by atoms with Gasteiger partial charge in [-0.05, 0) is 51.8 Å². The Kier molecular flexibility index (Phi) is 5.22. The second-order valence-corrected chi connectivity index (χ2v) is 9.23. The minimum absolute atomic E-state index is 0.127. The second-order valence-electron chi connectivity index (χ2n) is 7.80. The predicted molar refractivity (Wildman–Crippen MR) is 109 cm³/mol. The van der Waals surface area contributed by atoms with Crippen LogP contribution in [0.4, 0.5) is 5.00 Å². The van der Waals surface area contributed by atoms with Gasteiger partial charge in [-0.15, -0.1) is 11.3 Å². The Morgan fingerprint density at radius 1 is 1.37 bits per heavy atom. The van der Waals surface area contributed by atoms with Crippen LogP contribution in [0.3, 0.4) is 0 Å². The number of thiophene rings is 1. The zero-order valence-corrected chi connectivity index (χ0v) is 17.3. The van der Waals surface area contributed by atoms with Crippen LogP contribution in [0.15, 0.2) is 24.3 Å². The Labute approximate surface area is 168 Å². The third-order valence-electron chi connectivity index (χ3n) is 4.40. The van der Waals surface area contributed by atoms with Gasteiger partial charge in [-0.1, -0.05) is 23.7 Å². The van der Waals surface area contributed by atoms with E-state index in [1.807, 2.05) is 0 Å². The first-order valence-corrected chi connectivity index (χ1v) is 9.85. The van der Waals surface area contributed by atoms with E-state index >= 15 is 0 Å². The highest BCUT2D eigenvalue weighted by atomic mass is 35.5. The number of fused-ring (bicyclic) bond motifs is 1. The van der Waals surface area contributed by atoms with Crippen molar-refractivity contribution in [3.63, 3.8) is 0 Å². The van der Waals surface area contributed by atoms with Crippen LogP contribution in [-0.4, -0.2) is 18.1 Å². The molecular weight excluding hydrogens is 382 g/mol. The summed E-state index contributed by atoms with van der Waals surface area (Å²) in [6.07, 6.45) is 0.733. The van der Waals surface area contributed by atoms with Crippen LogP contribution in [0.1, 0.15) is 43.7 Å². The van der Waals surface area contributed by atoms with Crippen molar-refractivity contribution in [3.05, 3.63) is 45.3 Å². The van der Waals surface area contributed by atoms with E-state index in [0.29, 0.717) is 21.3 Å². The lowest BCUT2D eigenvalue weighted by Gasteiger charge is -2.42. The number of hydrogen-bond donors (Lipinski definition) is 2. The molecule has 0 saturated carbocycles. The number of rotatable bonds is 4. The van der Waals surface area contributed by atoms with Gasteiger partial charge in [0.15, 0.2) is 6.61 Å². The van der Waals surface area contributed by atoms with Crippen LogP contribution in [-0.2, 0) is 16.8 Å². The molecule has 1 aliphatic rings. The molecule has 1 amide bonds. The van der Waals surface area contributed by atoms with Gasteiger partial charge in [0.25, 0.3) is 5.91 Å². The summed E-state index contributed by atoms with van der Waals surface area (Å²) in [5.74, 6) is 0.127. The monoisotopic (exact) mass is 403 g/mol. The third-order valence-corrected chi connectivity index (χ3v) is 6.19. The number of carbonyl (C=O) groups excluding carboxylic acids is 1. The molecule has 3 rings (SSSR count). The molecule has 0 unspecified atom stereocenters. The van der Waals surface area contributed by atoms with E-state index < -0.39 is 0 Å². The Hall–Kier alpha value is -2.07. The normalized spacial score (nSPS) is 16.9. The van der Waals surface area contributed by atoms with Crippen molar-refractivity contribution in [2.45, 2.75) is 45.2 Å². The largest absolute Gasteiger partial charge is 0.482 e. The van der Waals surface area contributed by atoms with Gasteiger partial charge in [0.1, 0.15) is 16.8 Å². The van der Waals surface area contributed by atoms with Crippen LogP contribution < -0.4 is 15.4 Å². The van der Waals surface area contributed by atoms with Gasteiger partial charge >= 0.3 is 0 Å². The first-order chi connectivity index (χ1) is 12.6. The molecule has 142 valence electrons. The second kappa shape index (κ2) is 7.16. The summed E-state index contributed by atoms with van der Waals surface area (Å²) in [4.78, 5) is 13.5. The Bertz CT molecular complexity index is 928. The van der Waals surface area contributed by atoms with Crippen molar-refractivity contribution in [2.75, 3.05) is 11.9 Å². The average molecular weight is 404 g/mol. The Balaban J connectivity index is 1.80. The molecule has 5 nitrogen and oxygen atoms in total. The highest BCUT2D eigenvalue weighted by Gasteiger charge is 2.40. The molecule has 0 bridgehead atoms. The van der Waals surface area contributed by atoms with Gasteiger partial charge in [-0.3, -0.25) is 4.79 Å². The summed E-state index contributed by atoms with van der Waals surface area (Å²) in [5.41, 5.74) is 1.16. The molecule has 2 heterocycles. The van der Waals surface area contributed by atoms with Gasteiger partial charge in [0.05, 0.1) is 10.6 Å². The first-order valence-electron chi connectivity index (χ1n) is 8.66. The lowest BCUT2D eigenvalue weighted by atomic mass is 9.81. The first kappa shape index (κ1) is 19.7. The number of ether oxygens (including phenoxy) is 1. The molecular formula is C20H22ClN3O2S. The molecule has 1 aliphatic heterocycles. The molecule has 0 radical (unpaired) electrons. The molecule has 1 aromatic heterocycles. The maximum absolute atomic E-state index is 12.4. The number of para-hydroxylation sites is 1. The van der Waals surface area contributed by atoms with Gasteiger partial charge in [-0.2, -0.15) is 5.26 Å². The molecule has 0 fully saturated rings. The quantitative estimate of drug-likeness (QED) is 0.790. The van der Waals surface area contributed by atoms with E-state index in [2.05, 4.69) is 44.4 Å². The summed E-state index contributed by atoms with van der Waals surface area (Å²) >= 11 is 7.49. The Morgan fingerprint density at radius 2 is 2.07 bits per heavy atom. The van der Waals surface area contributed by atoms with Crippen molar-refractivity contribution in [3.8, 4) is 11.8 Å². The summed E-state index contributed by atoms with van der Waals surface area (Å²) in [7, 11) is 0. The fourth-order valence-electron chi connectivity index (χ4n) is 3.60. The average Bonchev–Trinajstić information content (AvgIpc) is 2.90. The number of halogens is 1. The topological polar surface area (TPSA) is 74.1 Å². The highest BCUT2D eigenvalue weighted by molar-refractivity contribution is 7.17. The summed E-state index contributed by atoms with van der Waals surface area (Å²) in [5, 5.41) is 17.2. The van der Waals surface area contributed by atoms with Crippen molar-refractivity contribution in [1.29, 1.82) is 5.26 Å². The molecule has 0 aliphatic carbocycles. The minimum atomic E-state index is -0.324. The van der Waals surface area contributed by atoms with Crippen molar-refractivity contribution < 1.29 is 9.53 Å². The Morgan fingerprint density at radius 3 is 2.74 bits per heavy atom. The number of benzene rings is 1. The molecule has 0 atom stereocenters. The summed E-state index contributed by atoms with van der Waals surface area (Å²) < 4.78 is 5.49. The number of carbonyl (C=O) groups is 1. The molecule has 0 saturated heterocycles. The molecule has 2 N–H and O–H groups in total. The number of anilines is 1. The molecule has 0 spiro atoms. The highest BCUT2D eigenvalue weighted by Crippen LogP contribution is 2.44. The van der Waals surface area contributed by atoms with Crippen LogP contribution in [0.25, 0.3) is 0 Å². The van der Waals surface area contributed by atoms with Crippen LogP contribution in [0.5, 0.6) is 5.75 Å². The molecule has 7 heteroatoms. The maximum atomic E-state index is 12.4. The number of amides is 1. The van der Waals surface area contributed by atoms with E-state index in [9.17, 15) is 10.1 Å². The van der Waals surface area contributed by atoms with E-state index in [4.69, 9.17) is 16.3 Å². The minimum Gasteiger partial charge on any atom is -0.482 e. The van der Waals surface area contributed by atoms with Crippen LogP contribution in [0.2, 0.25) is 5.02 Å². The van der Waals surface area contributed by atoms with E-state index in [1.54, 1.807) is 24.3 Å². The lowest BCUT2D eigenvalue weighted by Crippen LogP contribution is -2.54. The van der Waals surface area contributed by atoms with E-state index in [0.717, 1.165) is 16.9 Å². The molecule has 1 aromatic carbocycles. The SMILES string of the molecule is CC1(C)Cc2c(sc(NC(=O)COc3ccccc3Cl)c2C#N)C(C)(C)N1. The number of nitrogens with one attached hydrogen (secondary N) is 2. The van der Waals surface area contributed by atoms with Gasteiger partial charge in [0, 0.05) is 16.0 Å². The third kappa shape index (κ3) is 4.11. The number of nitrogens with zero attached hydrogens (tertiary/aromatic N) is 1. The summed E-state index contributed by atoms with van der Waals surface area (Å²) in [6.45, 7) is 8.25. The van der Waals surface area contributed by atoms with Crippen molar-refractivity contribution >= 4 is 33.8 Å². The number of nitriles is 1. The van der Waals surface area contributed by atoms with Crippen LogP contribution >= 0.6 is 22.9 Å². The van der Waals surface area contributed by atoms with Crippen LogP contribution in [0, 0.1) is 11.3 Å². The van der Waals surface area contributed by atoms with Gasteiger partial charge in [0.2, 0.25) is 0 Å². The maximum Gasteiger partial charge on any atom is 0.262 e. The fourth-order valence-corrected chi connectivity index (χ4v) is 5.04. The smallest absolute Gasteiger partial charge is 0.262 e. The zero-order valence-electron chi connectivity index (χ0n) is 15.8. The fraction of sp³-hybridized carbons (Fsp3) is 0.400. The molecule has 2 aromatic rings. The van der Waals surface area contributed by atoms with Gasteiger partial charge in [-0.25, -0.2) is 0 Å². The summed E-state index contributed by atoms with van der Waals surface area (Å²) in [6, 6.07) is 9.26. The number of hydrogen-bond acceptors (Lipinski definition) is 5. The van der Waals surface area contributed by atoms with E-state index in [-0.39, 0.29) is 23.6 Å². The predicted octanol–water partition coefficient (Wildman–Crippen LogP) is 4.45. The standard InChI is InChI=1S/C20H22ClN3O2S/c1-19(2)9-12-13(10-22)18(27-17(12)20(3,4)24-19)23-16(25)11-26-15-8-6-5-7-14(15)21/h5-8,24H,9,11H2,1-4H3,(H,23,25). The molecule has 27 heavy (non-hydrogen) atoms. The van der Waals surface area contributed by atoms with Gasteiger partial charge < -0.3 is 15.4 Å². The van der Waals surface area contributed by atoms with Crippen molar-refractivity contribution in [2.24, 2.45) is 0 Å². The van der Waals surface area contributed by atoms with Crippen molar-refractivity contribution in [1.82, 2.24) is 5.32 Å². The zero-order chi connectivity index (χ0) is 19.8. The van der Waals surface area contributed by atoms with E-state index in [1.165, 1.54) is 11.3 Å². The lowest BCUT2D eigenvalue weighted by molar-refractivity contribution is -0.118.